The molecular formula is C16H14BrF2NO. The van der Waals surface area contributed by atoms with Crippen LogP contribution in [0.5, 0.6) is 5.75 Å². The lowest BCUT2D eigenvalue weighted by molar-refractivity contribution is 0.152. The van der Waals surface area contributed by atoms with E-state index in [0.717, 1.165) is 15.6 Å². The van der Waals surface area contributed by atoms with Gasteiger partial charge in [-0.15, -0.1) is 0 Å². The number of halogens is 3. The molecule has 0 amide bonds. The molecule has 2 aromatic rings. The summed E-state index contributed by atoms with van der Waals surface area (Å²) in [5.41, 5.74) is 1.65. The van der Waals surface area contributed by atoms with Crippen molar-refractivity contribution in [2.45, 2.75) is 18.6 Å². The van der Waals surface area contributed by atoms with E-state index >= 15 is 0 Å². The predicted octanol–water partition coefficient (Wildman–Crippen LogP) is 4.51. The zero-order chi connectivity index (χ0) is 15.0. The Labute approximate surface area is 130 Å². The van der Waals surface area contributed by atoms with Crippen molar-refractivity contribution < 1.29 is 13.5 Å². The van der Waals surface area contributed by atoms with Crippen LogP contribution in [0.2, 0.25) is 0 Å². The summed E-state index contributed by atoms with van der Waals surface area (Å²) in [6, 6.07) is 9.05. The molecule has 2 nitrogen and oxygen atoms in total. The van der Waals surface area contributed by atoms with Crippen molar-refractivity contribution in [2.75, 3.05) is 7.05 Å². The van der Waals surface area contributed by atoms with Crippen LogP contribution in [-0.2, 0) is 0 Å². The van der Waals surface area contributed by atoms with Crippen molar-refractivity contribution in [2.24, 2.45) is 0 Å². The molecule has 2 atom stereocenters. The molecule has 0 bridgehead atoms. The van der Waals surface area contributed by atoms with Crippen LogP contribution in [-0.4, -0.2) is 7.05 Å². The van der Waals surface area contributed by atoms with E-state index in [1.165, 1.54) is 24.3 Å². The lowest BCUT2D eigenvalue weighted by Crippen LogP contribution is -2.27. The topological polar surface area (TPSA) is 21.3 Å². The molecule has 0 radical (unpaired) electrons. The molecule has 1 aliphatic rings. The van der Waals surface area contributed by atoms with E-state index in [4.69, 9.17) is 4.74 Å². The Morgan fingerprint density at radius 2 is 1.81 bits per heavy atom. The van der Waals surface area contributed by atoms with Gasteiger partial charge in [-0.2, -0.15) is 0 Å². The number of hydrogen-bond donors (Lipinski definition) is 1. The van der Waals surface area contributed by atoms with Gasteiger partial charge in [-0.3, -0.25) is 0 Å². The molecule has 1 heterocycles. The van der Waals surface area contributed by atoms with Gasteiger partial charge in [-0.1, -0.05) is 22.0 Å². The molecule has 0 aromatic heterocycles. The van der Waals surface area contributed by atoms with E-state index in [-0.39, 0.29) is 23.8 Å². The van der Waals surface area contributed by atoms with Crippen LogP contribution in [0.1, 0.15) is 29.7 Å². The molecule has 0 saturated carbocycles. The third-order valence-corrected chi connectivity index (χ3v) is 4.45. The molecule has 5 heteroatoms. The summed E-state index contributed by atoms with van der Waals surface area (Å²) in [4.78, 5) is 0. The van der Waals surface area contributed by atoms with Crippen LogP contribution in [0, 0.1) is 11.6 Å². The van der Waals surface area contributed by atoms with E-state index in [1.807, 2.05) is 7.05 Å². The molecule has 0 saturated heterocycles. The molecule has 0 spiro atoms. The lowest BCUT2D eigenvalue weighted by atomic mass is 9.93. The summed E-state index contributed by atoms with van der Waals surface area (Å²) in [5, 5.41) is 3.20. The fourth-order valence-corrected chi connectivity index (χ4v) is 3.17. The Morgan fingerprint density at radius 1 is 1.10 bits per heavy atom. The van der Waals surface area contributed by atoms with Gasteiger partial charge >= 0.3 is 0 Å². The average Bonchev–Trinajstić information content (AvgIpc) is 2.48. The molecule has 1 N–H and O–H groups in total. The van der Waals surface area contributed by atoms with Crippen LogP contribution >= 0.6 is 15.9 Å². The van der Waals surface area contributed by atoms with E-state index in [1.54, 1.807) is 12.1 Å². The molecular weight excluding hydrogens is 340 g/mol. The minimum Gasteiger partial charge on any atom is -0.485 e. The fraction of sp³-hybridized carbons (Fsp3) is 0.250. The second kappa shape index (κ2) is 5.73. The first kappa shape index (κ1) is 14.5. The molecule has 0 aliphatic carbocycles. The van der Waals surface area contributed by atoms with Gasteiger partial charge in [-0.05, 0) is 31.3 Å². The van der Waals surface area contributed by atoms with Crippen LogP contribution < -0.4 is 10.1 Å². The Balaban J connectivity index is 2.01. The van der Waals surface area contributed by atoms with Crippen LogP contribution in [0.3, 0.4) is 0 Å². The fourth-order valence-electron chi connectivity index (χ4n) is 2.67. The lowest BCUT2D eigenvalue weighted by Gasteiger charge is -2.32. The van der Waals surface area contributed by atoms with Crippen LogP contribution in [0.15, 0.2) is 40.9 Å². The molecule has 1 aliphatic heterocycles. The predicted molar refractivity (Wildman–Crippen MR) is 80.3 cm³/mol. The molecule has 21 heavy (non-hydrogen) atoms. The Kier molecular flexibility index (Phi) is 3.95. The van der Waals surface area contributed by atoms with Crippen molar-refractivity contribution >= 4 is 15.9 Å². The first-order chi connectivity index (χ1) is 10.1. The first-order valence-corrected chi connectivity index (χ1v) is 7.46. The average molecular weight is 354 g/mol. The zero-order valence-electron chi connectivity index (χ0n) is 11.4. The summed E-state index contributed by atoms with van der Waals surface area (Å²) in [6.45, 7) is 0. The highest BCUT2D eigenvalue weighted by atomic mass is 79.9. The van der Waals surface area contributed by atoms with Crippen LogP contribution in [0.25, 0.3) is 0 Å². The summed E-state index contributed by atoms with van der Waals surface area (Å²) in [5.74, 6) is -0.160. The molecule has 3 rings (SSSR count). The maximum Gasteiger partial charge on any atom is 0.127 e. The normalized spacial score (nSPS) is 20.8. The Bertz CT molecular complexity index is 677. The molecule has 0 fully saturated rings. The maximum absolute atomic E-state index is 13.5. The van der Waals surface area contributed by atoms with Crippen molar-refractivity contribution in [3.63, 3.8) is 0 Å². The van der Waals surface area contributed by atoms with E-state index < -0.39 is 0 Å². The highest BCUT2D eigenvalue weighted by Crippen LogP contribution is 2.42. The van der Waals surface area contributed by atoms with Gasteiger partial charge in [0.25, 0.3) is 0 Å². The summed E-state index contributed by atoms with van der Waals surface area (Å²) >= 11 is 3.42. The monoisotopic (exact) mass is 353 g/mol. The van der Waals surface area contributed by atoms with E-state index in [2.05, 4.69) is 21.2 Å². The second-order valence-electron chi connectivity index (χ2n) is 5.03. The third kappa shape index (κ3) is 2.80. The Hall–Kier alpha value is -1.46. The number of rotatable bonds is 2. The van der Waals surface area contributed by atoms with Gasteiger partial charge in [0, 0.05) is 34.1 Å². The smallest absolute Gasteiger partial charge is 0.127 e. The quantitative estimate of drug-likeness (QED) is 0.857. The van der Waals surface area contributed by atoms with Crippen molar-refractivity contribution in [3.05, 3.63) is 63.6 Å². The number of fused-ring (bicyclic) bond motifs is 1. The highest BCUT2D eigenvalue weighted by molar-refractivity contribution is 9.10. The number of nitrogens with one attached hydrogen (secondary N) is 1. The van der Waals surface area contributed by atoms with Gasteiger partial charge < -0.3 is 10.1 Å². The number of hydrogen-bond acceptors (Lipinski definition) is 2. The highest BCUT2D eigenvalue weighted by Gasteiger charge is 2.30. The van der Waals surface area contributed by atoms with Gasteiger partial charge in [0.1, 0.15) is 23.5 Å². The Morgan fingerprint density at radius 3 is 2.57 bits per heavy atom. The summed E-state index contributed by atoms with van der Waals surface area (Å²) < 4.78 is 33.6. The largest absolute Gasteiger partial charge is 0.485 e. The van der Waals surface area contributed by atoms with E-state index in [9.17, 15) is 8.78 Å². The minimum absolute atomic E-state index is 0.0366. The SMILES string of the molecule is CNC1CC(c2cc(F)ccc2Br)Oc2cc(F)ccc21. The van der Waals surface area contributed by atoms with E-state index in [0.29, 0.717) is 12.2 Å². The molecule has 110 valence electrons. The van der Waals surface area contributed by atoms with Crippen molar-refractivity contribution in [3.8, 4) is 5.75 Å². The molecule has 2 unspecified atom stereocenters. The summed E-state index contributed by atoms with van der Waals surface area (Å²) in [6.07, 6.45) is 0.318. The van der Waals surface area contributed by atoms with Gasteiger partial charge in [0.15, 0.2) is 0 Å². The maximum atomic E-state index is 13.5. The number of benzene rings is 2. The minimum atomic E-state index is -0.345. The van der Waals surface area contributed by atoms with Gasteiger partial charge in [0.05, 0.1) is 0 Å². The standard InChI is InChI=1S/C16H14BrF2NO/c1-20-14-8-16(12-6-9(18)3-5-13(12)17)21-15-7-10(19)2-4-11(14)15/h2-7,14,16,20H,8H2,1H3. The zero-order valence-corrected chi connectivity index (χ0v) is 13.0. The number of ether oxygens (including phenoxy) is 1. The summed E-state index contributed by atoms with van der Waals surface area (Å²) in [7, 11) is 1.85. The van der Waals surface area contributed by atoms with Gasteiger partial charge in [0.2, 0.25) is 0 Å². The van der Waals surface area contributed by atoms with Crippen LogP contribution in [0.4, 0.5) is 8.78 Å². The van der Waals surface area contributed by atoms with Crippen molar-refractivity contribution in [1.29, 1.82) is 0 Å². The van der Waals surface area contributed by atoms with Crippen molar-refractivity contribution in [1.82, 2.24) is 5.32 Å². The molecule has 2 aromatic carbocycles. The first-order valence-electron chi connectivity index (χ1n) is 6.67. The second-order valence-corrected chi connectivity index (χ2v) is 5.89. The third-order valence-electron chi connectivity index (χ3n) is 3.72. The van der Waals surface area contributed by atoms with Gasteiger partial charge in [-0.25, -0.2) is 8.78 Å².